The Hall–Kier alpha value is -0.146. The van der Waals surface area contributed by atoms with Gasteiger partial charge in [-0.3, -0.25) is 4.98 Å². The van der Waals surface area contributed by atoms with E-state index in [2.05, 4.69) is 11.1 Å². The van der Waals surface area contributed by atoms with E-state index in [4.69, 9.17) is 9.47 Å². The van der Waals surface area contributed by atoms with E-state index in [1.54, 1.807) is 19.4 Å². The minimum Gasteiger partial charge on any atom is -0.534 e. The Balaban J connectivity index is 0.000001000. The Labute approximate surface area is 91.0 Å². The Morgan fingerprint density at radius 2 is 2.09 bits per heavy atom. The van der Waals surface area contributed by atoms with Gasteiger partial charge in [0.05, 0.1) is 14.2 Å². The second-order valence-corrected chi connectivity index (χ2v) is 1.65. The van der Waals surface area contributed by atoms with Crippen molar-refractivity contribution in [3.8, 4) is 11.6 Å². The molecule has 0 atom stereocenters. The molecule has 0 spiro atoms. The molecular formula is C7H8NO2Y-. The molecule has 3 nitrogen and oxygen atoms in total. The van der Waals surface area contributed by atoms with Gasteiger partial charge < -0.3 is 9.47 Å². The summed E-state index contributed by atoms with van der Waals surface area (Å²) in [6.45, 7) is 0. The molecule has 1 aromatic heterocycles. The molecule has 11 heavy (non-hydrogen) atoms. The molecule has 1 radical (unpaired) electrons. The monoisotopic (exact) mass is 227 g/mol. The Kier molecular flexibility index (Phi) is 5.42. The summed E-state index contributed by atoms with van der Waals surface area (Å²) in [4.78, 5) is 3.85. The van der Waals surface area contributed by atoms with Crippen molar-refractivity contribution in [2.75, 3.05) is 14.2 Å². The zero-order valence-corrected chi connectivity index (χ0v) is 9.33. The Morgan fingerprint density at radius 3 is 2.64 bits per heavy atom. The van der Waals surface area contributed by atoms with Crippen molar-refractivity contribution in [1.29, 1.82) is 0 Å². The topological polar surface area (TPSA) is 31.4 Å². The molecule has 1 aromatic rings. The third-order valence-corrected chi connectivity index (χ3v) is 1.06. The van der Waals surface area contributed by atoms with Crippen LogP contribution in [0.25, 0.3) is 0 Å². The number of hydrogen-bond donors (Lipinski definition) is 0. The molecule has 1 rings (SSSR count). The van der Waals surface area contributed by atoms with Gasteiger partial charge in [-0.1, -0.05) is 0 Å². The summed E-state index contributed by atoms with van der Waals surface area (Å²) in [6.07, 6.45) is 1.61. The first kappa shape index (κ1) is 10.9. The second-order valence-electron chi connectivity index (χ2n) is 1.65. The number of methoxy groups -OCH3 is 2. The van der Waals surface area contributed by atoms with Gasteiger partial charge in [-0.05, 0) is 11.9 Å². The number of pyridine rings is 1. The second kappa shape index (κ2) is 5.50. The van der Waals surface area contributed by atoms with Gasteiger partial charge in [0.25, 0.3) is 0 Å². The predicted octanol–water partition coefficient (Wildman–Crippen LogP) is 0.896. The molecule has 0 amide bonds. The molecule has 0 aromatic carbocycles. The van der Waals surface area contributed by atoms with Crippen molar-refractivity contribution in [1.82, 2.24) is 4.98 Å². The summed E-state index contributed by atoms with van der Waals surface area (Å²) < 4.78 is 9.69. The Morgan fingerprint density at radius 1 is 1.36 bits per heavy atom. The van der Waals surface area contributed by atoms with Crippen molar-refractivity contribution in [2.24, 2.45) is 0 Å². The fraction of sp³-hybridized carbons (Fsp3) is 0.286. The summed E-state index contributed by atoms with van der Waals surface area (Å²) in [5.41, 5.74) is 0. The molecule has 0 saturated carbocycles. The van der Waals surface area contributed by atoms with Crippen LogP contribution in [0, 0.1) is 6.07 Å². The van der Waals surface area contributed by atoms with E-state index < -0.39 is 0 Å². The smallest absolute Gasteiger partial charge is 0.119 e. The van der Waals surface area contributed by atoms with Gasteiger partial charge in [-0.2, -0.15) is 6.07 Å². The van der Waals surface area contributed by atoms with Crippen LogP contribution in [-0.2, 0) is 32.7 Å². The molecule has 4 heteroatoms. The van der Waals surface area contributed by atoms with Crippen LogP contribution in [0.4, 0.5) is 0 Å². The number of hydrogen-bond acceptors (Lipinski definition) is 3. The summed E-state index contributed by atoms with van der Waals surface area (Å²) in [7, 11) is 3.11. The van der Waals surface area contributed by atoms with Crippen molar-refractivity contribution in [3.05, 3.63) is 18.3 Å². The zero-order valence-electron chi connectivity index (χ0n) is 6.50. The predicted molar refractivity (Wildman–Crippen MR) is 36.2 cm³/mol. The van der Waals surface area contributed by atoms with Crippen LogP contribution in [0.1, 0.15) is 0 Å². The average molecular weight is 227 g/mol. The zero-order chi connectivity index (χ0) is 7.40. The molecule has 0 bridgehead atoms. The van der Waals surface area contributed by atoms with Crippen molar-refractivity contribution >= 4 is 0 Å². The van der Waals surface area contributed by atoms with Crippen LogP contribution in [0.3, 0.4) is 0 Å². The third-order valence-electron chi connectivity index (χ3n) is 1.06. The molecule has 1 heterocycles. The summed E-state index contributed by atoms with van der Waals surface area (Å²) >= 11 is 0. The third kappa shape index (κ3) is 3.17. The van der Waals surface area contributed by atoms with Crippen molar-refractivity contribution in [2.45, 2.75) is 0 Å². The minimum absolute atomic E-state index is 0. The van der Waals surface area contributed by atoms with E-state index in [-0.39, 0.29) is 32.7 Å². The first-order valence-corrected chi connectivity index (χ1v) is 2.83. The van der Waals surface area contributed by atoms with Crippen LogP contribution < -0.4 is 9.47 Å². The van der Waals surface area contributed by atoms with Gasteiger partial charge in [-0.25, -0.2) is 0 Å². The molecule has 0 saturated heterocycles. The Bertz CT molecular complexity index is 198. The van der Waals surface area contributed by atoms with Gasteiger partial charge in [0.15, 0.2) is 0 Å². The number of rotatable bonds is 2. The summed E-state index contributed by atoms with van der Waals surface area (Å²) in [5.74, 6) is 1.08. The van der Waals surface area contributed by atoms with Gasteiger partial charge in [0.2, 0.25) is 0 Å². The van der Waals surface area contributed by atoms with Crippen LogP contribution in [-0.4, -0.2) is 19.2 Å². The number of ether oxygens (including phenoxy) is 2. The fourth-order valence-electron chi connectivity index (χ4n) is 0.575. The van der Waals surface area contributed by atoms with E-state index in [1.165, 1.54) is 7.11 Å². The molecule has 0 aliphatic rings. The maximum absolute atomic E-state index is 4.88. The fourth-order valence-corrected chi connectivity index (χ4v) is 0.575. The van der Waals surface area contributed by atoms with Crippen LogP contribution in [0.15, 0.2) is 12.3 Å². The molecule has 0 unspecified atom stereocenters. The molecule has 0 aliphatic carbocycles. The van der Waals surface area contributed by atoms with E-state index >= 15 is 0 Å². The van der Waals surface area contributed by atoms with E-state index in [1.807, 2.05) is 0 Å². The maximum atomic E-state index is 4.88. The van der Waals surface area contributed by atoms with Crippen molar-refractivity contribution < 1.29 is 42.2 Å². The molecule has 57 valence electrons. The first-order valence-electron chi connectivity index (χ1n) is 2.83. The van der Waals surface area contributed by atoms with Crippen LogP contribution >= 0.6 is 0 Å². The number of nitrogens with zero attached hydrogens (tertiary/aromatic N) is 1. The molecular weight excluding hydrogens is 219 g/mol. The van der Waals surface area contributed by atoms with E-state index in [0.717, 1.165) is 0 Å². The first-order chi connectivity index (χ1) is 4.86. The number of aromatic nitrogens is 1. The molecule has 0 aliphatic heterocycles. The van der Waals surface area contributed by atoms with E-state index in [9.17, 15) is 0 Å². The molecule has 0 fully saturated rings. The largest absolute Gasteiger partial charge is 0.534 e. The quantitative estimate of drug-likeness (QED) is 0.703. The average Bonchev–Trinajstić information content (AvgIpc) is 2.05. The van der Waals surface area contributed by atoms with Crippen molar-refractivity contribution in [3.63, 3.8) is 0 Å². The van der Waals surface area contributed by atoms with Gasteiger partial charge in [0, 0.05) is 32.7 Å². The normalized spacial score (nSPS) is 8.18. The van der Waals surface area contributed by atoms with Gasteiger partial charge in [0.1, 0.15) is 5.88 Å². The standard InChI is InChI=1S/C7H8NO2.Y/c1-9-6-3-4-8-7(5-6)10-2;/h3-4H,1-2H3;/q-1;. The molecule has 0 N–H and O–H groups in total. The van der Waals surface area contributed by atoms with Crippen LogP contribution in [0.5, 0.6) is 11.6 Å². The van der Waals surface area contributed by atoms with Gasteiger partial charge in [-0.15, -0.1) is 6.07 Å². The van der Waals surface area contributed by atoms with E-state index in [0.29, 0.717) is 11.6 Å². The minimum atomic E-state index is 0. The summed E-state index contributed by atoms with van der Waals surface area (Å²) in [5, 5.41) is 0. The summed E-state index contributed by atoms with van der Waals surface area (Å²) in [6, 6.07) is 4.50. The van der Waals surface area contributed by atoms with Crippen LogP contribution in [0.2, 0.25) is 0 Å². The maximum Gasteiger partial charge on any atom is 0.119 e. The SMILES string of the molecule is COc1[c-]c(OC)ncc1.[Y]. The van der Waals surface area contributed by atoms with Gasteiger partial charge >= 0.3 is 0 Å².